The van der Waals surface area contributed by atoms with Crippen molar-refractivity contribution in [3.8, 4) is 5.75 Å². The van der Waals surface area contributed by atoms with Crippen molar-refractivity contribution in [2.45, 2.75) is 32.9 Å². The van der Waals surface area contributed by atoms with E-state index in [1.807, 2.05) is 42.2 Å². The van der Waals surface area contributed by atoms with E-state index in [2.05, 4.69) is 6.07 Å². The van der Waals surface area contributed by atoms with Crippen LogP contribution in [0.25, 0.3) is 10.8 Å². The molecule has 0 saturated carbocycles. The molecule has 1 N–H and O–H groups in total. The number of fused-ring (bicyclic) bond motifs is 1. The predicted octanol–water partition coefficient (Wildman–Crippen LogP) is 2.99. The number of benzene rings is 2. The molecule has 2 aromatic rings. The summed E-state index contributed by atoms with van der Waals surface area (Å²) in [5, 5.41) is 11.6. The van der Waals surface area contributed by atoms with Crippen LogP contribution in [-0.2, 0) is 16.1 Å². The summed E-state index contributed by atoms with van der Waals surface area (Å²) in [4.78, 5) is 28.0. The van der Waals surface area contributed by atoms with Gasteiger partial charge < -0.3 is 14.7 Å². The average molecular weight is 384 g/mol. The number of methoxy groups -OCH3 is 1. The van der Waals surface area contributed by atoms with Crippen molar-refractivity contribution in [3.63, 3.8) is 0 Å². The molecule has 1 aliphatic heterocycles. The van der Waals surface area contributed by atoms with E-state index >= 15 is 0 Å². The highest BCUT2D eigenvalue weighted by atomic mass is 16.5. The number of aliphatic carboxylic acids is 1. The van der Waals surface area contributed by atoms with Gasteiger partial charge in [-0.05, 0) is 54.8 Å². The van der Waals surface area contributed by atoms with Gasteiger partial charge in [-0.3, -0.25) is 14.5 Å². The van der Waals surface area contributed by atoms with Gasteiger partial charge in [-0.2, -0.15) is 0 Å². The van der Waals surface area contributed by atoms with E-state index in [0.717, 1.165) is 22.1 Å². The summed E-state index contributed by atoms with van der Waals surface area (Å²) in [6.45, 7) is 5.15. The number of amides is 1. The molecule has 6 heteroatoms. The molecule has 0 spiro atoms. The second-order valence-electron chi connectivity index (χ2n) is 8.00. The lowest BCUT2D eigenvalue weighted by Gasteiger charge is -2.29. The number of hydrogen-bond acceptors (Lipinski definition) is 4. The minimum atomic E-state index is -0.796. The molecule has 1 heterocycles. The molecule has 6 nitrogen and oxygen atoms in total. The summed E-state index contributed by atoms with van der Waals surface area (Å²) < 4.78 is 5.26. The molecule has 3 rings (SSSR count). The Morgan fingerprint density at radius 2 is 1.93 bits per heavy atom. The van der Waals surface area contributed by atoms with Crippen LogP contribution in [0.3, 0.4) is 0 Å². The van der Waals surface area contributed by atoms with E-state index in [-0.39, 0.29) is 11.9 Å². The monoisotopic (exact) mass is 384 g/mol. The second-order valence-corrected chi connectivity index (χ2v) is 8.00. The van der Waals surface area contributed by atoms with Crippen LogP contribution in [0, 0.1) is 5.41 Å². The van der Waals surface area contributed by atoms with Crippen LogP contribution < -0.4 is 4.74 Å². The van der Waals surface area contributed by atoms with Crippen LogP contribution in [0.15, 0.2) is 36.4 Å². The van der Waals surface area contributed by atoms with Gasteiger partial charge >= 0.3 is 5.97 Å². The maximum Gasteiger partial charge on any atom is 0.310 e. The Balaban J connectivity index is 1.67. The molecule has 0 aromatic heterocycles. The summed E-state index contributed by atoms with van der Waals surface area (Å²) >= 11 is 0. The quantitative estimate of drug-likeness (QED) is 0.829. The molecule has 1 fully saturated rings. The number of carbonyl (C=O) groups excluding carboxylic acids is 1. The van der Waals surface area contributed by atoms with Gasteiger partial charge in [-0.25, -0.2) is 0 Å². The lowest BCUT2D eigenvalue weighted by molar-refractivity contribution is -0.147. The SMILES string of the molecule is COc1ccc2cc(CN(C)C(=O)C(C)N3CCC(C)(C(=O)O)C3)ccc2c1. The first kappa shape index (κ1) is 20.1. The molecule has 1 aliphatic rings. The lowest BCUT2D eigenvalue weighted by atomic mass is 9.90. The van der Waals surface area contributed by atoms with Gasteiger partial charge in [0.25, 0.3) is 0 Å². The number of ether oxygens (including phenoxy) is 1. The number of nitrogens with zero attached hydrogens (tertiary/aromatic N) is 2. The van der Waals surface area contributed by atoms with Crippen LogP contribution in [-0.4, -0.2) is 60.1 Å². The largest absolute Gasteiger partial charge is 0.497 e. The van der Waals surface area contributed by atoms with E-state index < -0.39 is 11.4 Å². The molecule has 1 saturated heterocycles. The van der Waals surface area contributed by atoms with Crippen LogP contribution >= 0.6 is 0 Å². The summed E-state index contributed by atoms with van der Waals surface area (Å²) in [6, 6.07) is 11.7. The van der Waals surface area contributed by atoms with Crippen LogP contribution in [0.2, 0.25) is 0 Å². The highest BCUT2D eigenvalue weighted by Gasteiger charge is 2.43. The molecule has 28 heavy (non-hydrogen) atoms. The van der Waals surface area contributed by atoms with E-state index in [9.17, 15) is 14.7 Å². The smallest absolute Gasteiger partial charge is 0.310 e. The number of carboxylic acid groups (broad SMARTS) is 1. The van der Waals surface area contributed by atoms with Crippen molar-refractivity contribution in [2.75, 3.05) is 27.2 Å². The predicted molar refractivity (Wildman–Crippen MR) is 108 cm³/mol. The van der Waals surface area contributed by atoms with Gasteiger partial charge in [0.05, 0.1) is 18.6 Å². The Hall–Kier alpha value is -2.60. The standard InChI is InChI=1S/C22H28N2O4/c1-15(24-10-9-22(2,14-24)21(26)27)20(25)23(3)13-16-5-6-18-12-19(28-4)8-7-17(18)11-16/h5-8,11-12,15H,9-10,13-14H2,1-4H3,(H,26,27). The lowest BCUT2D eigenvalue weighted by Crippen LogP contribution is -2.45. The Bertz CT molecular complexity index is 897. The van der Waals surface area contributed by atoms with E-state index in [0.29, 0.717) is 26.1 Å². The topological polar surface area (TPSA) is 70.1 Å². The maximum atomic E-state index is 12.9. The number of hydrogen-bond donors (Lipinski definition) is 1. The molecule has 2 atom stereocenters. The van der Waals surface area contributed by atoms with Crippen LogP contribution in [0.1, 0.15) is 25.8 Å². The molecular weight excluding hydrogens is 356 g/mol. The fourth-order valence-electron chi connectivity index (χ4n) is 3.83. The normalized spacial score (nSPS) is 20.9. The highest BCUT2D eigenvalue weighted by molar-refractivity contribution is 5.85. The Kier molecular flexibility index (Phi) is 5.61. The summed E-state index contributed by atoms with van der Waals surface area (Å²) in [6.07, 6.45) is 0.567. The number of likely N-dealkylation sites (tertiary alicyclic amines) is 1. The first-order chi connectivity index (χ1) is 13.2. The van der Waals surface area contributed by atoms with Gasteiger partial charge in [0.1, 0.15) is 5.75 Å². The zero-order valence-electron chi connectivity index (χ0n) is 16.9. The van der Waals surface area contributed by atoms with Crippen molar-refractivity contribution in [2.24, 2.45) is 5.41 Å². The highest BCUT2D eigenvalue weighted by Crippen LogP contribution is 2.31. The zero-order valence-corrected chi connectivity index (χ0v) is 16.9. The molecule has 1 amide bonds. The van der Waals surface area contributed by atoms with Crippen molar-refractivity contribution < 1.29 is 19.4 Å². The third kappa shape index (κ3) is 3.97. The Labute approximate surface area is 165 Å². The molecule has 0 radical (unpaired) electrons. The summed E-state index contributed by atoms with van der Waals surface area (Å²) in [7, 11) is 3.44. The minimum Gasteiger partial charge on any atom is -0.497 e. The molecule has 2 aromatic carbocycles. The summed E-state index contributed by atoms with van der Waals surface area (Å²) in [5.74, 6) is 0.0283. The number of carboxylic acids is 1. The molecule has 0 bridgehead atoms. The average Bonchev–Trinajstić information content (AvgIpc) is 3.10. The van der Waals surface area contributed by atoms with Gasteiger partial charge in [-0.15, -0.1) is 0 Å². The van der Waals surface area contributed by atoms with Crippen molar-refractivity contribution in [1.29, 1.82) is 0 Å². The van der Waals surface area contributed by atoms with E-state index in [4.69, 9.17) is 4.74 Å². The van der Waals surface area contributed by atoms with Crippen molar-refractivity contribution in [1.82, 2.24) is 9.80 Å². The van der Waals surface area contributed by atoms with Crippen LogP contribution in [0.5, 0.6) is 5.75 Å². The van der Waals surface area contributed by atoms with Gasteiger partial charge in [-0.1, -0.05) is 18.2 Å². The number of rotatable bonds is 6. The third-order valence-electron chi connectivity index (χ3n) is 5.83. The van der Waals surface area contributed by atoms with Gasteiger partial charge in [0.15, 0.2) is 0 Å². The fourth-order valence-corrected chi connectivity index (χ4v) is 3.83. The first-order valence-corrected chi connectivity index (χ1v) is 9.52. The molecular formula is C22H28N2O4. The second kappa shape index (κ2) is 7.80. The summed E-state index contributed by atoms with van der Waals surface area (Å²) in [5.41, 5.74) is 0.282. The van der Waals surface area contributed by atoms with Crippen molar-refractivity contribution in [3.05, 3.63) is 42.0 Å². The Morgan fingerprint density at radius 1 is 1.25 bits per heavy atom. The van der Waals surface area contributed by atoms with Crippen LogP contribution in [0.4, 0.5) is 0 Å². The van der Waals surface area contributed by atoms with Gasteiger partial charge in [0, 0.05) is 26.7 Å². The fraction of sp³-hybridized carbons (Fsp3) is 0.455. The first-order valence-electron chi connectivity index (χ1n) is 9.52. The van der Waals surface area contributed by atoms with E-state index in [1.165, 1.54) is 0 Å². The third-order valence-corrected chi connectivity index (χ3v) is 5.83. The maximum absolute atomic E-state index is 12.9. The minimum absolute atomic E-state index is 0.00414. The van der Waals surface area contributed by atoms with Crippen molar-refractivity contribution >= 4 is 22.6 Å². The number of carbonyl (C=O) groups is 2. The van der Waals surface area contributed by atoms with E-state index in [1.54, 1.807) is 26.0 Å². The zero-order chi connectivity index (χ0) is 20.5. The molecule has 150 valence electrons. The molecule has 2 unspecified atom stereocenters. The number of likely N-dealkylation sites (N-methyl/N-ethyl adjacent to an activating group) is 1. The Morgan fingerprint density at radius 3 is 2.57 bits per heavy atom. The molecule has 0 aliphatic carbocycles. The van der Waals surface area contributed by atoms with Gasteiger partial charge in [0.2, 0.25) is 5.91 Å².